The van der Waals surface area contributed by atoms with Gasteiger partial charge in [-0.25, -0.2) is 0 Å². The van der Waals surface area contributed by atoms with Crippen LogP contribution in [0.3, 0.4) is 0 Å². The molecule has 0 radical (unpaired) electrons. The van der Waals surface area contributed by atoms with Crippen molar-refractivity contribution in [1.29, 1.82) is 0 Å². The first kappa shape index (κ1) is 14.8. The van der Waals surface area contributed by atoms with Gasteiger partial charge in [-0.3, -0.25) is 0 Å². The van der Waals surface area contributed by atoms with Crippen molar-refractivity contribution in [3.05, 3.63) is 23.3 Å². The summed E-state index contributed by atoms with van der Waals surface area (Å²) in [4.78, 5) is 0. The van der Waals surface area contributed by atoms with Crippen LogP contribution in [0.25, 0.3) is 0 Å². The maximum Gasteiger partial charge on any atom is 0.166 e. The second kappa shape index (κ2) is 6.07. The Morgan fingerprint density at radius 3 is 2.11 bits per heavy atom. The fourth-order valence-electron chi connectivity index (χ4n) is 1.92. The number of benzene rings is 1. The fourth-order valence-corrected chi connectivity index (χ4v) is 1.92. The van der Waals surface area contributed by atoms with Crippen molar-refractivity contribution in [3.8, 4) is 11.5 Å². The Morgan fingerprint density at radius 1 is 1.06 bits per heavy atom. The summed E-state index contributed by atoms with van der Waals surface area (Å²) in [6.45, 7) is 4.41. The van der Waals surface area contributed by atoms with E-state index in [-0.39, 0.29) is 12.0 Å². The summed E-state index contributed by atoms with van der Waals surface area (Å²) < 4.78 is 16.0. The molecule has 4 heteroatoms. The summed E-state index contributed by atoms with van der Waals surface area (Å²) in [5.41, 5.74) is 1.46. The first-order valence-corrected chi connectivity index (χ1v) is 5.86. The molecule has 4 nitrogen and oxygen atoms in total. The van der Waals surface area contributed by atoms with E-state index in [1.165, 1.54) is 0 Å². The van der Waals surface area contributed by atoms with Crippen LogP contribution in [0, 0.1) is 0 Å². The van der Waals surface area contributed by atoms with E-state index >= 15 is 0 Å². The van der Waals surface area contributed by atoms with Gasteiger partial charge in [0.25, 0.3) is 0 Å². The molecule has 0 aliphatic heterocycles. The molecule has 0 amide bonds. The minimum atomic E-state index is -0.385. The number of hydrogen-bond acceptors (Lipinski definition) is 4. The quantitative estimate of drug-likeness (QED) is 0.844. The van der Waals surface area contributed by atoms with Gasteiger partial charge in [-0.05, 0) is 0 Å². The predicted molar refractivity (Wildman–Crippen MR) is 70.4 cm³/mol. The molecule has 0 spiro atoms. The van der Waals surface area contributed by atoms with Gasteiger partial charge in [-0.15, -0.1) is 0 Å². The summed E-state index contributed by atoms with van der Waals surface area (Å²) >= 11 is 0. The van der Waals surface area contributed by atoms with Crippen LogP contribution >= 0.6 is 0 Å². The third kappa shape index (κ3) is 2.76. The molecule has 0 aliphatic carbocycles. The summed E-state index contributed by atoms with van der Waals surface area (Å²) in [6, 6.07) is 3.89. The van der Waals surface area contributed by atoms with Gasteiger partial charge in [-0.2, -0.15) is 0 Å². The van der Waals surface area contributed by atoms with E-state index in [4.69, 9.17) is 14.2 Å². The summed E-state index contributed by atoms with van der Waals surface area (Å²) in [7, 11) is 4.84. The van der Waals surface area contributed by atoms with Gasteiger partial charge >= 0.3 is 0 Å². The number of aliphatic hydroxyl groups excluding tert-OH is 1. The number of ether oxygens (including phenoxy) is 3. The molecule has 0 aliphatic rings. The Balaban J connectivity index is 3.39. The van der Waals surface area contributed by atoms with E-state index < -0.39 is 0 Å². The van der Waals surface area contributed by atoms with Crippen LogP contribution in [0.2, 0.25) is 0 Å². The first-order valence-electron chi connectivity index (χ1n) is 5.86. The van der Waals surface area contributed by atoms with Gasteiger partial charge in [0.05, 0.1) is 27.4 Å². The molecule has 1 rings (SSSR count). The van der Waals surface area contributed by atoms with Gasteiger partial charge < -0.3 is 19.3 Å². The Labute approximate surface area is 108 Å². The molecule has 0 aromatic heterocycles. The molecule has 1 N–H and O–H groups in total. The van der Waals surface area contributed by atoms with Crippen molar-refractivity contribution in [2.75, 3.05) is 27.9 Å². The highest BCUT2D eigenvalue weighted by Crippen LogP contribution is 2.40. The summed E-state index contributed by atoms with van der Waals surface area (Å²) in [5, 5.41) is 9.48. The van der Waals surface area contributed by atoms with Crippen LogP contribution in [0.1, 0.15) is 25.0 Å². The largest absolute Gasteiger partial charge is 0.493 e. The van der Waals surface area contributed by atoms with Gasteiger partial charge in [0.15, 0.2) is 11.5 Å². The normalized spacial score (nSPS) is 11.4. The van der Waals surface area contributed by atoms with E-state index in [9.17, 15) is 5.11 Å². The molecule has 18 heavy (non-hydrogen) atoms. The molecule has 0 saturated heterocycles. The fraction of sp³-hybridized carbons (Fsp3) is 0.571. The van der Waals surface area contributed by atoms with Gasteiger partial charge in [0, 0.05) is 23.7 Å². The van der Waals surface area contributed by atoms with Crippen molar-refractivity contribution in [3.63, 3.8) is 0 Å². The van der Waals surface area contributed by atoms with Gasteiger partial charge in [-0.1, -0.05) is 26.0 Å². The molecular formula is C14H22O4. The van der Waals surface area contributed by atoms with Crippen LogP contribution < -0.4 is 9.47 Å². The average molecular weight is 254 g/mol. The number of hydrogen-bond donors (Lipinski definition) is 1. The maximum absolute atomic E-state index is 9.48. The Kier molecular flexibility index (Phi) is 4.99. The Hall–Kier alpha value is -1.26. The lowest BCUT2D eigenvalue weighted by atomic mass is 9.84. The topological polar surface area (TPSA) is 47.9 Å². The second-order valence-corrected chi connectivity index (χ2v) is 4.81. The highest BCUT2D eigenvalue weighted by Gasteiger charge is 2.27. The predicted octanol–water partition coefficient (Wildman–Crippen LogP) is 2.12. The number of aliphatic hydroxyl groups is 1. The highest BCUT2D eigenvalue weighted by molar-refractivity contribution is 5.54. The second-order valence-electron chi connectivity index (χ2n) is 4.81. The lowest BCUT2D eigenvalue weighted by Crippen LogP contribution is -2.23. The van der Waals surface area contributed by atoms with Crippen molar-refractivity contribution in [2.24, 2.45) is 0 Å². The van der Waals surface area contributed by atoms with Crippen LogP contribution in [-0.4, -0.2) is 33.0 Å². The minimum absolute atomic E-state index is 0.0378. The number of rotatable bonds is 6. The van der Waals surface area contributed by atoms with E-state index in [2.05, 4.69) is 0 Å². The molecule has 1 aromatic carbocycles. The van der Waals surface area contributed by atoms with Crippen LogP contribution in [0.5, 0.6) is 11.5 Å². The monoisotopic (exact) mass is 254 g/mol. The minimum Gasteiger partial charge on any atom is -0.493 e. The van der Waals surface area contributed by atoms with Gasteiger partial charge in [0.1, 0.15) is 0 Å². The third-order valence-electron chi connectivity index (χ3n) is 3.03. The molecule has 102 valence electrons. The summed E-state index contributed by atoms with van der Waals surface area (Å²) in [5.74, 6) is 1.32. The molecule has 0 fully saturated rings. The third-order valence-corrected chi connectivity index (χ3v) is 3.03. The molecule has 0 bridgehead atoms. The first-order chi connectivity index (χ1) is 8.51. The number of methoxy groups -OCH3 is 3. The van der Waals surface area contributed by atoms with Crippen molar-refractivity contribution in [1.82, 2.24) is 0 Å². The molecule has 1 aromatic rings. The van der Waals surface area contributed by atoms with Gasteiger partial charge in [0.2, 0.25) is 0 Å². The van der Waals surface area contributed by atoms with E-state index in [0.717, 1.165) is 11.1 Å². The zero-order valence-electron chi connectivity index (χ0n) is 11.7. The van der Waals surface area contributed by atoms with Crippen molar-refractivity contribution >= 4 is 0 Å². The SMILES string of the molecule is COCc1ccc(C(C)(C)CO)c(OC)c1OC. The zero-order valence-corrected chi connectivity index (χ0v) is 11.7. The lowest BCUT2D eigenvalue weighted by molar-refractivity contribution is 0.180. The average Bonchev–Trinajstić information content (AvgIpc) is 2.38. The summed E-state index contributed by atoms with van der Waals surface area (Å²) in [6.07, 6.45) is 0. The van der Waals surface area contributed by atoms with E-state index in [0.29, 0.717) is 18.1 Å². The molecule has 0 unspecified atom stereocenters. The molecule has 0 heterocycles. The van der Waals surface area contributed by atoms with E-state index in [1.54, 1.807) is 21.3 Å². The Morgan fingerprint density at radius 2 is 1.67 bits per heavy atom. The Bertz CT molecular complexity index is 399. The maximum atomic E-state index is 9.48. The molecular weight excluding hydrogens is 232 g/mol. The molecule has 0 atom stereocenters. The van der Waals surface area contributed by atoms with Crippen molar-refractivity contribution < 1.29 is 19.3 Å². The zero-order chi connectivity index (χ0) is 13.8. The van der Waals surface area contributed by atoms with Crippen LogP contribution in [-0.2, 0) is 16.8 Å². The van der Waals surface area contributed by atoms with E-state index in [1.807, 2.05) is 26.0 Å². The lowest BCUT2D eigenvalue weighted by Gasteiger charge is -2.26. The standard InChI is InChI=1S/C14H22O4/c1-14(2,9-15)11-7-6-10(8-16-3)12(17-4)13(11)18-5/h6-7,15H,8-9H2,1-5H3. The smallest absolute Gasteiger partial charge is 0.166 e. The van der Waals surface area contributed by atoms with Crippen molar-refractivity contribution in [2.45, 2.75) is 25.9 Å². The van der Waals surface area contributed by atoms with Crippen LogP contribution in [0.4, 0.5) is 0 Å². The molecule has 0 saturated carbocycles. The highest BCUT2D eigenvalue weighted by atomic mass is 16.5. The van der Waals surface area contributed by atoms with Crippen LogP contribution in [0.15, 0.2) is 12.1 Å².